The van der Waals surface area contributed by atoms with Crippen LogP contribution in [0.3, 0.4) is 0 Å². The van der Waals surface area contributed by atoms with Crippen molar-refractivity contribution in [2.45, 2.75) is 18.8 Å². The van der Waals surface area contributed by atoms with Gasteiger partial charge in [-0.3, -0.25) is 4.68 Å². The number of aryl methyl sites for hydroxylation is 1. The minimum atomic E-state index is 0.281. The summed E-state index contributed by atoms with van der Waals surface area (Å²) in [5.74, 6) is 0.699. The molecule has 22 heavy (non-hydrogen) atoms. The van der Waals surface area contributed by atoms with Crippen molar-refractivity contribution in [3.05, 3.63) is 30.1 Å². The number of nitrogens with zero attached hydrogens (tertiary/aromatic N) is 5. The lowest BCUT2D eigenvalue weighted by molar-refractivity contribution is 0.0845. The van der Waals surface area contributed by atoms with Gasteiger partial charge in [0.1, 0.15) is 0 Å². The highest BCUT2D eigenvalue weighted by Crippen LogP contribution is 2.33. The Balaban J connectivity index is 1.87. The zero-order valence-electron chi connectivity index (χ0n) is 12.4. The maximum Gasteiger partial charge on any atom is 0.240 e. The molecular formula is C15H18N6O. The lowest BCUT2D eigenvalue weighted by Gasteiger charge is -2.21. The first-order chi connectivity index (χ1) is 10.7. The van der Waals surface area contributed by atoms with Crippen molar-refractivity contribution >= 4 is 11.6 Å². The molecular weight excluding hydrogens is 280 g/mol. The predicted molar refractivity (Wildman–Crippen MR) is 82.4 cm³/mol. The van der Waals surface area contributed by atoms with E-state index in [0.717, 1.165) is 48.7 Å². The summed E-state index contributed by atoms with van der Waals surface area (Å²) < 4.78 is 9.12. The summed E-state index contributed by atoms with van der Waals surface area (Å²) in [6.07, 6.45) is 4.04. The molecule has 7 heteroatoms. The van der Waals surface area contributed by atoms with Gasteiger partial charge < -0.3 is 10.5 Å². The van der Waals surface area contributed by atoms with Crippen LogP contribution in [0.15, 0.2) is 24.4 Å². The summed E-state index contributed by atoms with van der Waals surface area (Å²) in [5, 5.41) is 9.00. The Kier molecular flexibility index (Phi) is 3.07. The fourth-order valence-corrected chi connectivity index (χ4v) is 3.10. The number of fused-ring (bicyclic) bond motifs is 1. The molecule has 4 heterocycles. The molecule has 0 radical (unpaired) electrons. The number of rotatable bonds is 2. The van der Waals surface area contributed by atoms with Crippen LogP contribution >= 0.6 is 0 Å². The quantitative estimate of drug-likeness (QED) is 0.777. The minimum absolute atomic E-state index is 0.281. The zero-order chi connectivity index (χ0) is 15.1. The highest BCUT2D eigenvalue weighted by atomic mass is 16.5. The Hall–Kier alpha value is -2.41. The fraction of sp³-hybridized carbons (Fsp3) is 0.400. The van der Waals surface area contributed by atoms with Crippen molar-refractivity contribution < 1.29 is 4.74 Å². The lowest BCUT2D eigenvalue weighted by Crippen LogP contribution is -2.15. The first-order valence-corrected chi connectivity index (χ1v) is 7.45. The molecule has 7 nitrogen and oxygen atoms in total. The van der Waals surface area contributed by atoms with Crippen LogP contribution in [0, 0.1) is 0 Å². The Morgan fingerprint density at radius 3 is 2.86 bits per heavy atom. The summed E-state index contributed by atoms with van der Waals surface area (Å²) in [5.41, 5.74) is 9.65. The topological polar surface area (TPSA) is 83.3 Å². The second-order valence-corrected chi connectivity index (χ2v) is 5.64. The van der Waals surface area contributed by atoms with Gasteiger partial charge in [0.25, 0.3) is 0 Å². The molecule has 0 aliphatic carbocycles. The Bertz CT molecular complexity index is 815. The molecule has 1 aliphatic heterocycles. The van der Waals surface area contributed by atoms with Crippen molar-refractivity contribution in [2.75, 3.05) is 18.9 Å². The molecule has 1 aliphatic rings. The van der Waals surface area contributed by atoms with Gasteiger partial charge in [0.2, 0.25) is 5.95 Å². The molecule has 0 unspecified atom stereocenters. The molecule has 0 spiro atoms. The van der Waals surface area contributed by atoms with Gasteiger partial charge in [0.15, 0.2) is 5.65 Å². The molecule has 0 saturated carbocycles. The van der Waals surface area contributed by atoms with Gasteiger partial charge in [0.05, 0.1) is 11.4 Å². The van der Waals surface area contributed by atoms with Crippen LogP contribution in [0.25, 0.3) is 16.9 Å². The van der Waals surface area contributed by atoms with E-state index in [9.17, 15) is 0 Å². The van der Waals surface area contributed by atoms with Crippen LogP contribution in [0.4, 0.5) is 5.95 Å². The lowest BCUT2D eigenvalue weighted by atomic mass is 9.93. The summed E-state index contributed by atoms with van der Waals surface area (Å²) in [6, 6.07) is 5.90. The van der Waals surface area contributed by atoms with Crippen molar-refractivity contribution in [1.29, 1.82) is 0 Å². The summed E-state index contributed by atoms with van der Waals surface area (Å²) >= 11 is 0. The summed E-state index contributed by atoms with van der Waals surface area (Å²) in [7, 11) is 1.95. The van der Waals surface area contributed by atoms with Crippen LogP contribution in [0.5, 0.6) is 0 Å². The van der Waals surface area contributed by atoms with Gasteiger partial charge in [-0.15, -0.1) is 5.10 Å². The SMILES string of the molecule is Cn1cc(-c2cccc3nc(N)nn23)c(C2CCOCC2)n1. The van der Waals surface area contributed by atoms with Gasteiger partial charge in [-0.2, -0.15) is 10.1 Å². The van der Waals surface area contributed by atoms with Gasteiger partial charge >= 0.3 is 0 Å². The van der Waals surface area contributed by atoms with E-state index in [1.807, 2.05) is 36.1 Å². The van der Waals surface area contributed by atoms with E-state index in [1.54, 1.807) is 4.52 Å². The molecule has 0 aromatic carbocycles. The zero-order valence-corrected chi connectivity index (χ0v) is 12.4. The van der Waals surface area contributed by atoms with E-state index in [4.69, 9.17) is 15.6 Å². The third-order valence-corrected chi connectivity index (χ3v) is 4.12. The smallest absolute Gasteiger partial charge is 0.240 e. The number of hydrogen-bond donors (Lipinski definition) is 1. The monoisotopic (exact) mass is 298 g/mol. The van der Waals surface area contributed by atoms with Gasteiger partial charge in [-0.25, -0.2) is 4.52 Å². The van der Waals surface area contributed by atoms with Crippen LogP contribution < -0.4 is 5.73 Å². The molecule has 3 aromatic heterocycles. The summed E-state index contributed by atoms with van der Waals surface area (Å²) in [6.45, 7) is 1.59. The maximum absolute atomic E-state index is 5.74. The molecule has 0 bridgehead atoms. The Labute approximate surface area is 127 Å². The highest BCUT2D eigenvalue weighted by molar-refractivity contribution is 5.66. The van der Waals surface area contributed by atoms with Gasteiger partial charge in [-0.1, -0.05) is 6.07 Å². The van der Waals surface area contributed by atoms with Crippen LogP contribution in [0.2, 0.25) is 0 Å². The normalized spacial score (nSPS) is 16.4. The molecule has 4 rings (SSSR count). The standard InChI is InChI=1S/C15H18N6O/c1-20-9-11(14(18-20)10-5-7-22-8-6-10)12-3-2-4-13-17-15(16)19-21(12)13/h2-4,9-10H,5-8H2,1H3,(H2,16,19). The number of anilines is 1. The van der Waals surface area contributed by atoms with E-state index < -0.39 is 0 Å². The average molecular weight is 298 g/mol. The summed E-state index contributed by atoms with van der Waals surface area (Å²) in [4.78, 5) is 4.23. The highest BCUT2D eigenvalue weighted by Gasteiger charge is 2.24. The molecule has 114 valence electrons. The molecule has 2 N–H and O–H groups in total. The first kappa shape index (κ1) is 13.3. The van der Waals surface area contributed by atoms with E-state index >= 15 is 0 Å². The van der Waals surface area contributed by atoms with E-state index in [0.29, 0.717) is 5.92 Å². The third kappa shape index (κ3) is 2.14. The Morgan fingerprint density at radius 1 is 1.23 bits per heavy atom. The van der Waals surface area contributed by atoms with E-state index in [2.05, 4.69) is 10.1 Å². The maximum atomic E-state index is 5.74. The molecule has 0 atom stereocenters. The fourth-order valence-electron chi connectivity index (χ4n) is 3.10. The van der Waals surface area contributed by atoms with Crippen molar-refractivity contribution in [3.8, 4) is 11.3 Å². The van der Waals surface area contributed by atoms with E-state index in [-0.39, 0.29) is 5.95 Å². The van der Waals surface area contributed by atoms with Gasteiger partial charge in [0, 0.05) is 37.9 Å². The number of pyridine rings is 1. The van der Waals surface area contributed by atoms with Crippen LogP contribution in [-0.2, 0) is 11.8 Å². The number of hydrogen-bond acceptors (Lipinski definition) is 5. The molecule has 0 amide bonds. The number of nitrogens with two attached hydrogens (primary N) is 1. The molecule has 3 aromatic rings. The minimum Gasteiger partial charge on any atom is -0.381 e. The third-order valence-electron chi connectivity index (χ3n) is 4.12. The van der Waals surface area contributed by atoms with Gasteiger partial charge in [-0.05, 0) is 25.0 Å². The predicted octanol–water partition coefficient (Wildman–Crippen LogP) is 1.61. The van der Waals surface area contributed by atoms with Crippen molar-refractivity contribution in [1.82, 2.24) is 24.4 Å². The second-order valence-electron chi connectivity index (χ2n) is 5.64. The van der Waals surface area contributed by atoms with E-state index in [1.165, 1.54) is 0 Å². The van der Waals surface area contributed by atoms with Crippen LogP contribution in [0.1, 0.15) is 24.5 Å². The largest absolute Gasteiger partial charge is 0.381 e. The molecule has 1 saturated heterocycles. The molecule has 1 fully saturated rings. The number of nitrogen functional groups attached to an aromatic ring is 1. The average Bonchev–Trinajstić information content (AvgIpc) is 3.09. The van der Waals surface area contributed by atoms with Crippen molar-refractivity contribution in [2.24, 2.45) is 7.05 Å². The number of aromatic nitrogens is 5. The first-order valence-electron chi connectivity index (χ1n) is 7.45. The van der Waals surface area contributed by atoms with Crippen molar-refractivity contribution in [3.63, 3.8) is 0 Å². The Morgan fingerprint density at radius 2 is 2.05 bits per heavy atom. The number of ether oxygens (including phenoxy) is 1. The second kappa shape index (κ2) is 5.10. The van der Waals surface area contributed by atoms with Crippen LogP contribution in [-0.4, -0.2) is 37.6 Å².